The van der Waals surface area contributed by atoms with E-state index in [2.05, 4.69) is 108 Å². The molecule has 0 bridgehead atoms. The standard InChI is InChI=1S/C63H91BO2/c1-7-13-19-29-41-61(42-30-20-14-8-2)52-37-27-25-35-49(52)56-58(61)55-50-36-26-28-38-53(50)62(43-31-21-15-9-3,44-32-22-16-10-4)59(55)57-51-47-48(64(65)66)39-40-54(51)63(60(56)57,45-33-23-17-11-5)46-34-24-18-12-6/h25-28,35-40,47,65-66H,7-24,29-34,41-46H2,1-6H3. The van der Waals surface area contributed by atoms with Crippen LogP contribution in [0.5, 0.6) is 0 Å². The molecule has 0 saturated carbocycles. The Kier molecular flexibility index (Phi) is 18.4. The fourth-order valence-corrected chi connectivity index (χ4v) is 14.0. The summed E-state index contributed by atoms with van der Waals surface area (Å²) in [7, 11) is -1.50. The number of unbranched alkanes of at least 4 members (excludes halogenated alkanes) is 18. The van der Waals surface area contributed by atoms with E-state index >= 15 is 0 Å². The maximum absolute atomic E-state index is 11.1. The third-order valence-electron chi connectivity index (χ3n) is 17.2. The van der Waals surface area contributed by atoms with Crippen molar-refractivity contribution in [2.45, 2.75) is 250 Å². The fourth-order valence-electron chi connectivity index (χ4n) is 14.0. The van der Waals surface area contributed by atoms with Crippen LogP contribution in [0.25, 0.3) is 33.4 Å². The van der Waals surface area contributed by atoms with E-state index in [1.807, 2.05) is 0 Å². The minimum absolute atomic E-state index is 0.0580. The van der Waals surface area contributed by atoms with E-state index in [0.29, 0.717) is 5.46 Å². The van der Waals surface area contributed by atoms with Crippen LogP contribution >= 0.6 is 0 Å². The lowest BCUT2D eigenvalue weighted by Crippen LogP contribution is -2.31. The highest BCUT2D eigenvalue weighted by Gasteiger charge is 2.57. The van der Waals surface area contributed by atoms with Crippen molar-refractivity contribution in [1.29, 1.82) is 0 Å². The number of hydrogen-bond acceptors (Lipinski definition) is 2. The molecule has 0 atom stereocenters. The average Bonchev–Trinajstić information content (AvgIpc) is 3.89. The third-order valence-corrected chi connectivity index (χ3v) is 17.2. The maximum atomic E-state index is 11.1. The van der Waals surface area contributed by atoms with Gasteiger partial charge in [-0.3, -0.25) is 0 Å². The zero-order valence-corrected chi connectivity index (χ0v) is 43.0. The van der Waals surface area contributed by atoms with E-state index in [1.165, 1.54) is 208 Å². The van der Waals surface area contributed by atoms with E-state index in [-0.39, 0.29) is 16.2 Å². The Bertz CT molecular complexity index is 2090. The molecule has 4 aromatic carbocycles. The van der Waals surface area contributed by atoms with Crippen LogP contribution in [0.1, 0.15) is 268 Å². The molecular weight excluding hydrogens is 800 g/mol. The van der Waals surface area contributed by atoms with Crippen molar-refractivity contribution in [2.24, 2.45) is 0 Å². The van der Waals surface area contributed by atoms with Gasteiger partial charge in [-0.1, -0.05) is 262 Å². The van der Waals surface area contributed by atoms with Gasteiger partial charge in [0.25, 0.3) is 0 Å². The molecule has 0 fully saturated rings. The molecule has 0 spiro atoms. The van der Waals surface area contributed by atoms with Gasteiger partial charge in [0.05, 0.1) is 0 Å². The van der Waals surface area contributed by atoms with Crippen molar-refractivity contribution in [3.63, 3.8) is 0 Å². The molecule has 0 unspecified atom stereocenters. The molecule has 0 heterocycles. The van der Waals surface area contributed by atoms with E-state index < -0.39 is 7.12 Å². The normalized spacial score (nSPS) is 15.3. The molecule has 0 radical (unpaired) electrons. The SMILES string of the molecule is CCCCCCC1(CCCCCC)c2ccccc2-c2c1c1c(c3c2C(CCCCCC)(CCCCCC)c2ccc(B(O)O)cc2-3)C(CCCCCC)(CCCCCC)c2ccccc2-1. The third kappa shape index (κ3) is 9.71. The first-order valence-corrected chi connectivity index (χ1v) is 28.3. The molecule has 0 amide bonds. The van der Waals surface area contributed by atoms with Crippen LogP contribution in [0.15, 0.2) is 66.7 Å². The molecule has 2 N–H and O–H groups in total. The van der Waals surface area contributed by atoms with Gasteiger partial charge in [0.1, 0.15) is 0 Å². The Hall–Kier alpha value is -3.14. The molecule has 66 heavy (non-hydrogen) atoms. The molecule has 2 nitrogen and oxygen atoms in total. The predicted molar refractivity (Wildman–Crippen MR) is 287 cm³/mol. The summed E-state index contributed by atoms with van der Waals surface area (Å²) in [5, 5.41) is 22.1. The monoisotopic (exact) mass is 891 g/mol. The van der Waals surface area contributed by atoms with Gasteiger partial charge in [-0.25, -0.2) is 0 Å². The van der Waals surface area contributed by atoms with Crippen LogP contribution < -0.4 is 5.46 Å². The lowest BCUT2D eigenvalue weighted by atomic mass is 9.63. The van der Waals surface area contributed by atoms with E-state index in [0.717, 1.165) is 12.8 Å². The summed E-state index contributed by atoms with van der Waals surface area (Å²) in [6.07, 6.45) is 37.4. The molecule has 3 aliphatic carbocycles. The first-order chi connectivity index (χ1) is 32.4. The van der Waals surface area contributed by atoms with Gasteiger partial charge >= 0.3 is 7.12 Å². The highest BCUT2D eigenvalue weighted by Crippen LogP contribution is 2.71. The summed E-state index contributed by atoms with van der Waals surface area (Å²) < 4.78 is 0. The second kappa shape index (κ2) is 23.9. The van der Waals surface area contributed by atoms with Gasteiger partial charge in [-0.15, -0.1) is 0 Å². The molecule has 0 aromatic heterocycles. The molecular formula is C63H91BO2. The van der Waals surface area contributed by atoms with Gasteiger partial charge in [0, 0.05) is 16.2 Å². The van der Waals surface area contributed by atoms with Crippen molar-refractivity contribution < 1.29 is 10.0 Å². The largest absolute Gasteiger partial charge is 0.488 e. The molecule has 358 valence electrons. The van der Waals surface area contributed by atoms with Crippen LogP contribution in [-0.2, 0) is 16.2 Å². The molecule has 0 saturated heterocycles. The molecule has 3 aliphatic rings. The van der Waals surface area contributed by atoms with Gasteiger partial charge in [0.2, 0.25) is 0 Å². The van der Waals surface area contributed by atoms with Crippen molar-refractivity contribution in [2.75, 3.05) is 0 Å². The zero-order chi connectivity index (χ0) is 46.6. The Balaban J connectivity index is 1.68. The Morgan fingerprint density at radius 3 is 0.924 bits per heavy atom. The highest BCUT2D eigenvalue weighted by atomic mass is 16.4. The number of hydrogen-bond donors (Lipinski definition) is 2. The van der Waals surface area contributed by atoms with Crippen molar-refractivity contribution in [3.8, 4) is 33.4 Å². The summed E-state index contributed by atoms with van der Waals surface area (Å²) in [4.78, 5) is 0. The summed E-state index contributed by atoms with van der Waals surface area (Å²) in [5.41, 5.74) is 19.1. The fraction of sp³-hybridized carbons (Fsp3) is 0.619. The van der Waals surface area contributed by atoms with Gasteiger partial charge in [-0.05, 0) is 111 Å². The molecule has 3 heteroatoms. The van der Waals surface area contributed by atoms with Crippen LogP contribution in [-0.4, -0.2) is 17.2 Å². The van der Waals surface area contributed by atoms with Crippen molar-refractivity contribution in [1.82, 2.24) is 0 Å². The summed E-state index contributed by atoms with van der Waals surface area (Å²) in [5.74, 6) is 0. The van der Waals surface area contributed by atoms with Crippen LogP contribution in [0.4, 0.5) is 0 Å². The van der Waals surface area contributed by atoms with Crippen LogP contribution in [0, 0.1) is 0 Å². The van der Waals surface area contributed by atoms with Crippen LogP contribution in [0.3, 0.4) is 0 Å². The van der Waals surface area contributed by atoms with E-state index in [4.69, 9.17) is 0 Å². The van der Waals surface area contributed by atoms with Crippen molar-refractivity contribution in [3.05, 3.63) is 100 Å². The second-order valence-corrected chi connectivity index (χ2v) is 21.6. The quantitative estimate of drug-likeness (QED) is 0.0390. The number of rotatable bonds is 31. The zero-order valence-electron chi connectivity index (χ0n) is 43.0. The van der Waals surface area contributed by atoms with Crippen molar-refractivity contribution >= 4 is 12.6 Å². The Labute approximate surface area is 404 Å². The highest BCUT2D eigenvalue weighted by molar-refractivity contribution is 6.58. The number of benzene rings is 4. The second-order valence-electron chi connectivity index (χ2n) is 21.6. The minimum Gasteiger partial charge on any atom is -0.423 e. The Morgan fingerprint density at radius 2 is 0.621 bits per heavy atom. The molecule has 0 aliphatic heterocycles. The van der Waals surface area contributed by atoms with Gasteiger partial charge in [0.15, 0.2) is 0 Å². The minimum atomic E-state index is -1.50. The first-order valence-electron chi connectivity index (χ1n) is 28.3. The van der Waals surface area contributed by atoms with E-state index in [9.17, 15) is 10.0 Å². The van der Waals surface area contributed by atoms with Gasteiger partial charge in [-0.2, -0.15) is 0 Å². The maximum Gasteiger partial charge on any atom is 0.488 e. The average molecular weight is 891 g/mol. The lowest BCUT2D eigenvalue weighted by molar-refractivity contribution is 0.389. The summed E-state index contributed by atoms with van der Waals surface area (Å²) >= 11 is 0. The lowest BCUT2D eigenvalue weighted by Gasteiger charge is -2.39. The smallest absolute Gasteiger partial charge is 0.423 e. The van der Waals surface area contributed by atoms with Crippen LogP contribution in [0.2, 0.25) is 0 Å². The van der Waals surface area contributed by atoms with Gasteiger partial charge < -0.3 is 10.0 Å². The first kappa shape index (κ1) is 50.7. The number of fused-ring (bicyclic) bond motifs is 12. The van der Waals surface area contributed by atoms with E-state index in [1.54, 1.807) is 38.9 Å². The topological polar surface area (TPSA) is 40.5 Å². The predicted octanol–water partition coefficient (Wildman–Crippen LogP) is 18.0. The summed E-state index contributed by atoms with van der Waals surface area (Å²) in [6, 6.07) is 26.5. The summed E-state index contributed by atoms with van der Waals surface area (Å²) in [6.45, 7) is 14.2. The Morgan fingerprint density at radius 1 is 0.333 bits per heavy atom. The molecule has 4 aromatic rings. The molecule has 7 rings (SSSR count).